The lowest BCUT2D eigenvalue weighted by molar-refractivity contribution is 0.107. The van der Waals surface area contributed by atoms with Gasteiger partial charge in [0, 0.05) is 32.0 Å². The summed E-state index contributed by atoms with van der Waals surface area (Å²) in [4.78, 5) is 8.54. The Balaban J connectivity index is 1.84. The SMILES string of the molecule is CNc1ncc(C)c(NCCC2CCCO2)n1. The van der Waals surface area contributed by atoms with E-state index in [0.29, 0.717) is 12.1 Å². The van der Waals surface area contributed by atoms with Crippen molar-refractivity contribution < 1.29 is 4.74 Å². The zero-order valence-electron chi connectivity index (χ0n) is 10.5. The first-order chi connectivity index (χ1) is 8.29. The molecule has 0 saturated carbocycles. The molecule has 1 aliphatic heterocycles. The lowest BCUT2D eigenvalue weighted by atomic mass is 10.2. The molecule has 2 heterocycles. The number of aryl methyl sites for hydroxylation is 1. The van der Waals surface area contributed by atoms with E-state index in [1.54, 1.807) is 0 Å². The van der Waals surface area contributed by atoms with E-state index in [1.165, 1.54) is 12.8 Å². The van der Waals surface area contributed by atoms with Gasteiger partial charge in [-0.05, 0) is 26.2 Å². The molecule has 94 valence electrons. The highest BCUT2D eigenvalue weighted by Crippen LogP contribution is 2.16. The van der Waals surface area contributed by atoms with Crippen LogP contribution in [0.2, 0.25) is 0 Å². The van der Waals surface area contributed by atoms with E-state index in [4.69, 9.17) is 4.74 Å². The first-order valence-electron chi connectivity index (χ1n) is 6.16. The van der Waals surface area contributed by atoms with Crippen LogP contribution in [0, 0.1) is 6.92 Å². The smallest absolute Gasteiger partial charge is 0.224 e. The van der Waals surface area contributed by atoms with E-state index in [9.17, 15) is 0 Å². The Bertz CT molecular complexity index is 364. The molecule has 5 nitrogen and oxygen atoms in total. The van der Waals surface area contributed by atoms with Crippen LogP contribution in [0.1, 0.15) is 24.8 Å². The molecule has 1 aromatic heterocycles. The summed E-state index contributed by atoms with van der Waals surface area (Å²) in [7, 11) is 1.82. The number of nitrogens with one attached hydrogen (secondary N) is 2. The summed E-state index contributed by atoms with van der Waals surface area (Å²) in [5.74, 6) is 1.55. The average Bonchev–Trinajstić information content (AvgIpc) is 2.84. The molecule has 0 amide bonds. The molecule has 0 aromatic carbocycles. The summed E-state index contributed by atoms with van der Waals surface area (Å²) in [6.45, 7) is 3.82. The Labute approximate surface area is 102 Å². The predicted octanol–water partition coefficient (Wildman–Crippen LogP) is 1.81. The fraction of sp³-hybridized carbons (Fsp3) is 0.667. The molecule has 0 radical (unpaired) electrons. The van der Waals surface area contributed by atoms with Crippen LogP contribution in [0.5, 0.6) is 0 Å². The van der Waals surface area contributed by atoms with Crippen molar-refractivity contribution in [3.63, 3.8) is 0 Å². The molecule has 0 bridgehead atoms. The van der Waals surface area contributed by atoms with Crippen LogP contribution < -0.4 is 10.6 Å². The van der Waals surface area contributed by atoms with Crippen molar-refractivity contribution in [2.24, 2.45) is 0 Å². The van der Waals surface area contributed by atoms with Crippen LogP contribution in [0.4, 0.5) is 11.8 Å². The lowest BCUT2D eigenvalue weighted by Gasteiger charge is -2.12. The number of hydrogen-bond donors (Lipinski definition) is 2. The van der Waals surface area contributed by atoms with Gasteiger partial charge in [0.25, 0.3) is 0 Å². The molecule has 5 heteroatoms. The van der Waals surface area contributed by atoms with E-state index >= 15 is 0 Å². The quantitative estimate of drug-likeness (QED) is 0.816. The number of nitrogens with zero attached hydrogens (tertiary/aromatic N) is 2. The third kappa shape index (κ3) is 3.30. The van der Waals surface area contributed by atoms with Gasteiger partial charge in [-0.3, -0.25) is 0 Å². The Hall–Kier alpha value is -1.36. The van der Waals surface area contributed by atoms with Crippen LogP contribution >= 0.6 is 0 Å². The van der Waals surface area contributed by atoms with Crippen molar-refractivity contribution in [2.45, 2.75) is 32.3 Å². The van der Waals surface area contributed by atoms with Gasteiger partial charge in [0.15, 0.2) is 0 Å². The van der Waals surface area contributed by atoms with E-state index < -0.39 is 0 Å². The van der Waals surface area contributed by atoms with Crippen LogP contribution in [-0.2, 0) is 4.74 Å². The molecule has 0 spiro atoms. The largest absolute Gasteiger partial charge is 0.378 e. The van der Waals surface area contributed by atoms with Gasteiger partial charge >= 0.3 is 0 Å². The molecule has 1 saturated heterocycles. The first-order valence-corrected chi connectivity index (χ1v) is 6.16. The minimum atomic E-state index is 0.424. The fourth-order valence-electron chi connectivity index (χ4n) is 1.97. The highest BCUT2D eigenvalue weighted by atomic mass is 16.5. The van der Waals surface area contributed by atoms with E-state index in [0.717, 1.165) is 31.0 Å². The van der Waals surface area contributed by atoms with Gasteiger partial charge in [-0.25, -0.2) is 4.98 Å². The van der Waals surface area contributed by atoms with E-state index in [1.807, 2.05) is 20.2 Å². The van der Waals surface area contributed by atoms with Crippen molar-refractivity contribution in [3.05, 3.63) is 11.8 Å². The minimum Gasteiger partial charge on any atom is -0.378 e. The van der Waals surface area contributed by atoms with Crippen LogP contribution in [0.25, 0.3) is 0 Å². The Morgan fingerprint density at radius 3 is 3.12 bits per heavy atom. The lowest BCUT2D eigenvalue weighted by Crippen LogP contribution is -2.14. The Kier molecular flexibility index (Phi) is 4.14. The molecule has 17 heavy (non-hydrogen) atoms. The van der Waals surface area contributed by atoms with Crippen molar-refractivity contribution >= 4 is 11.8 Å². The second-order valence-corrected chi connectivity index (χ2v) is 4.33. The number of hydrogen-bond acceptors (Lipinski definition) is 5. The minimum absolute atomic E-state index is 0.424. The van der Waals surface area contributed by atoms with Crippen LogP contribution in [-0.4, -0.2) is 36.3 Å². The number of aromatic nitrogens is 2. The number of ether oxygens (including phenoxy) is 1. The van der Waals surface area contributed by atoms with Crippen LogP contribution in [0.15, 0.2) is 6.20 Å². The van der Waals surface area contributed by atoms with Crippen molar-refractivity contribution in [1.82, 2.24) is 9.97 Å². The standard InChI is InChI=1S/C12H20N4O/c1-9-8-15-12(13-2)16-11(9)14-6-5-10-4-3-7-17-10/h8,10H,3-7H2,1-2H3,(H2,13,14,15,16). The summed E-state index contributed by atoms with van der Waals surface area (Å²) < 4.78 is 5.58. The molecule has 1 fully saturated rings. The Morgan fingerprint density at radius 2 is 2.41 bits per heavy atom. The van der Waals surface area contributed by atoms with Crippen LogP contribution in [0.3, 0.4) is 0 Å². The average molecular weight is 236 g/mol. The molecule has 1 aromatic rings. The number of rotatable bonds is 5. The fourth-order valence-corrected chi connectivity index (χ4v) is 1.97. The van der Waals surface area contributed by atoms with Crippen molar-refractivity contribution in [2.75, 3.05) is 30.8 Å². The summed E-state index contributed by atoms with van der Waals surface area (Å²) in [5.41, 5.74) is 1.07. The van der Waals surface area contributed by atoms with Gasteiger partial charge in [0.1, 0.15) is 5.82 Å². The zero-order chi connectivity index (χ0) is 12.1. The molecule has 0 aliphatic carbocycles. The zero-order valence-corrected chi connectivity index (χ0v) is 10.5. The monoisotopic (exact) mass is 236 g/mol. The molecule has 1 aliphatic rings. The van der Waals surface area contributed by atoms with Gasteiger partial charge in [-0.15, -0.1) is 0 Å². The maximum atomic E-state index is 5.58. The van der Waals surface area contributed by atoms with Gasteiger partial charge in [-0.1, -0.05) is 0 Å². The third-order valence-electron chi connectivity index (χ3n) is 2.98. The van der Waals surface area contributed by atoms with E-state index in [-0.39, 0.29) is 0 Å². The van der Waals surface area contributed by atoms with Gasteiger partial charge in [0.2, 0.25) is 5.95 Å². The normalized spacial score (nSPS) is 19.3. The molecule has 2 N–H and O–H groups in total. The first kappa shape index (κ1) is 12.1. The number of anilines is 2. The summed E-state index contributed by atoms with van der Waals surface area (Å²) >= 11 is 0. The maximum Gasteiger partial charge on any atom is 0.224 e. The summed E-state index contributed by atoms with van der Waals surface area (Å²) in [6.07, 6.45) is 5.67. The topological polar surface area (TPSA) is 59.1 Å². The van der Waals surface area contributed by atoms with Crippen molar-refractivity contribution in [1.29, 1.82) is 0 Å². The second kappa shape index (κ2) is 5.82. The van der Waals surface area contributed by atoms with E-state index in [2.05, 4.69) is 20.6 Å². The van der Waals surface area contributed by atoms with Gasteiger partial charge < -0.3 is 15.4 Å². The van der Waals surface area contributed by atoms with Gasteiger partial charge in [0.05, 0.1) is 6.10 Å². The molecular formula is C12H20N4O. The molecule has 2 rings (SSSR count). The molecule has 1 atom stereocenters. The summed E-state index contributed by atoms with van der Waals surface area (Å²) in [6, 6.07) is 0. The highest BCUT2D eigenvalue weighted by Gasteiger charge is 2.14. The predicted molar refractivity (Wildman–Crippen MR) is 68.4 cm³/mol. The maximum absolute atomic E-state index is 5.58. The molecular weight excluding hydrogens is 216 g/mol. The highest BCUT2D eigenvalue weighted by molar-refractivity contribution is 5.46. The molecule has 1 unspecified atom stereocenters. The van der Waals surface area contributed by atoms with Gasteiger partial charge in [-0.2, -0.15) is 4.98 Å². The second-order valence-electron chi connectivity index (χ2n) is 4.33. The Morgan fingerprint density at radius 1 is 1.53 bits per heavy atom. The van der Waals surface area contributed by atoms with Crippen molar-refractivity contribution in [3.8, 4) is 0 Å². The third-order valence-corrected chi connectivity index (χ3v) is 2.98. The summed E-state index contributed by atoms with van der Waals surface area (Å²) in [5, 5.41) is 6.28.